The number of hydrogen-bond donors (Lipinski definition) is 0. The molecular weight excluding hydrogens is 342 g/mol. The SMILES string of the molecule is CCCCN1C[C@@]2(CCCN(S(=O)(=O)c3cnoc3C)C2)CCC1=O. The molecule has 1 amide bonds. The number of carbonyl (C=O) groups is 1. The van der Waals surface area contributed by atoms with Crippen molar-refractivity contribution < 1.29 is 17.7 Å². The molecule has 2 saturated heterocycles. The summed E-state index contributed by atoms with van der Waals surface area (Å²) in [4.78, 5) is 14.3. The highest BCUT2D eigenvalue weighted by Gasteiger charge is 2.44. The van der Waals surface area contributed by atoms with Crippen LogP contribution >= 0.6 is 0 Å². The number of carbonyl (C=O) groups excluding carboxylic acids is 1. The first kappa shape index (κ1) is 18.4. The summed E-state index contributed by atoms with van der Waals surface area (Å²) in [6.45, 7) is 6.15. The lowest BCUT2D eigenvalue weighted by Gasteiger charge is -2.47. The van der Waals surface area contributed by atoms with Crippen molar-refractivity contribution in [3.05, 3.63) is 12.0 Å². The van der Waals surface area contributed by atoms with Gasteiger partial charge in [0.25, 0.3) is 0 Å². The largest absolute Gasteiger partial charge is 0.360 e. The Kier molecular flexibility index (Phi) is 5.20. The number of piperidine rings is 2. The van der Waals surface area contributed by atoms with Crippen LogP contribution in [-0.2, 0) is 14.8 Å². The van der Waals surface area contributed by atoms with E-state index < -0.39 is 10.0 Å². The smallest absolute Gasteiger partial charge is 0.248 e. The molecule has 0 aliphatic carbocycles. The molecule has 140 valence electrons. The van der Waals surface area contributed by atoms with Crippen molar-refractivity contribution in [2.24, 2.45) is 5.41 Å². The summed E-state index contributed by atoms with van der Waals surface area (Å²) < 4.78 is 32.4. The van der Waals surface area contributed by atoms with Gasteiger partial charge in [-0.2, -0.15) is 4.31 Å². The van der Waals surface area contributed by atoms with Gasteiger partial charge in [0, 0.05) is 38.0 Å². The predicted octanol–water partition coefficient (Wildman–Crippen LogP) is 2.18. The molecule has 3 rings (SSSR count). The average Bonchev–Trinajstić information content (AvgIpc) is 3.03. The first-order valence-corrected chi connectivity index (χ1v) is 10.5. The van der Waals surface area contributed by atoms with Crippen molar-refractivity contribution >= 4 is 15.9 Å². The fourth-order valence-corrected chi connectivity index (χ4v) is 5.70. The Bertz CT molecular complexity index is 730. The summed E-state index contributed by atoms with van der Waals surface area (Å²) in [6.07, 6.45) is 6.39. The van der Waals surface area contributed by atoms with Crippen LogP contribution in [0.2, 0.25) is 0 Å². The summed E-state index contributed by atoms with van der Waals surface area (Å²) in [5.41, 5.74) is -0.127. The quantitative estimate of drug-likeness (QED) is 0.794. The van der Waals surface area contributed by atoms with Crippen LogP contribution in [0.15, 0.2) is 15.6 Å². The van der Waals surface area contributed by atoms with Crippen molar-refractivity contribution in [1.82, 2.24) is 14.4 Å². The Morgan fingerprint density at radius 1 is 1.32 bits per heavy atom. The lowest BCUT2D eigenvalue weighted by atomic mass is 9.74. The zero-order valence-electron chi connectivity index (χ0n) is 15.0. The van der Waals surface area contributed by atoms with Gasteiger partial charge in [0.15, 0.2) is 5.76 Å². The fourth-order valence-electron chi connectivity index (χ4n) is 4.03. The van der Waals surface area contributed by atoms with Crippen LogP contribution in [0, 0.1) is 12.3 Å². The number of unbranched alkanes of at least 4 members (excludes halogenated alkanes) is 1. The van der Waals surface area contributed by atoms with Gasteiger partial charge in [-0.1, -0.05) is 18.5 Å². The number of aromatic nitrogens is 1. The molecular formula is C17H27N3O4S. The fraction of sp³-hybridized carbons (Fsp3) is 0.765. The van der Waals surface area contributed by atoms with Gasteiger partial charge in [-0.25, -0.2) is 8.42 Å². The highest BCUT2D eigenvalue weighted by molar-refractivity contribution is 7.89. The second kappa shape index (κ2) is 7.07. The van der Waals surface area contributed by atoms with Gasteiger partial charge in [-0.3, -0.25) is 4.79 Å². The maximum atomic E-state index is 13.0. The summed E-state index contributed by atoms with van der Waals surface area (Å²) in [5, 5.41) is 3.61. The number of nitrogens with zero attached hydrogens (tertiary/aromatic N) is 3. The van der Waals surface area contributed by atoms with Crippen LogP contribution in [0.5, 0.6) is 0 Å². The number of amides is 1. The lowest BCUT2D eigenvalue weighted by molar-refractivity contribution is -0.138. The molecule has 0 unspecified atom stereocenters. The van der Waals surface area contributed by atoms with Gasteiger partial charge in [0.2, 0.25) is 15.9 Å². The van der Waals surface area contributed by atoms with E-state index in [1.54, 1.807) is 11.2 Å². The van der Waals surface area contributed by atoms with E-state index in [0.717, 1.165) is 38.6 Å². The molecule has 2 fully saturated rings. The molecule has 2 aliphatic rings. The normalized spacial score (nSPS) is 25.7. The van der Waals surface area contributed by atoms with E-state index in [0.29, 0.717) is 31.8 Å². The second-order valence-electron chi connectivity index (χ2n) is 7.36. The standard InChI is InChI=1S/C17H27N3O4S/c1-3-4-9-19-12-17(8-6-16(19)21)7-5-10-20(13-17)25(22,23)15-11-18-24-14(15)2/h11H,3-10,12-13H2,1-2H3/t17-/m1/s1. The Labute approximate surface area is 149 Å². The molecule has 8 heteroatoms. The van der Waals surface area contributed by atoms with E-state index in [1.807, 2.05) is 4.90 Å². The van der Waals surface area contributed by atoms with Crippen molar-refractivity contribution in [1.29, 1.82) is 0 Å². The third-order valence-electron chi connectivity index (χ3n) is 5.48. The summed E-state index contributed by atoms with van der Waals surface area (Å²) in [7, 11) is -3.60. The van der Waals surface area contributed by atoms with Gasteiger partial charge in [0.1, 0.15) is 4.90 Å². The van der Waals surface area contributed by atoms with Crippen molar-refractivity contribution in [2.75, 3.05) is 26.2 Å². The van der Waals surface area contributed by atoms with Crippen LogP contribution in [0.1, 0.15) is 51.2 Å². The Balaban J connectivity index is 1.78. The second-order valence-corrected chi connectivity index (χ2v) is 9.26. The number of hydrogen-bond acceptors (Lipinski definition) is 5. The lowest BCUT2D eigenvalue weighted by Crippen LogP contribution is -2.55. The van der Waals surface area contributed by atoms with Gasteiger partial charge in [-0.05, 0) is 32.6 Å². The van der Waals surface area contributed by atoms with Crippen LogP contribution in [-0.4, -0.2) is 54.9 Å². The number of rotatable bonds is 5. The van der Waals surface area contributed by atoms with Crippen LogP contribution in [0.3, 0.4) is 0 Å². The predicted molar refractivity (Wildman–Crippen MR) is 92.4 cm³/mol. The summed E-state index contributed by atoms with van der Waals surface area (Å²) in [5.74, 6) is 0.525. The molecule has 0 N–H and O–H groups in total. The summed E-state index contributed by atoms with van der Waals surface area (Å²) >= 11 is 0. The van der Waals surface area contributed by atoms with Crippen molar-refractivity contribution in [3.63, 3.8) is 0 Å². The van der Waals surface area contributed by atoms with Gasteiger partial charge in [0.05, 0.1) is 6.20 Å². The van der Waals surface area contributed by atoms with Gasteiger partial charge >= 0.3 is 0 Å². The first-order chi connectivity index (χ1) is 11.9. The molecule has 1 spiro atoms. The molecule has 0 saturated carbocycles. The van der Waals surface area contributed by atoms with Crippen LogP contribution in [0.4, 0.5) is 0 Å². The van der Waals surface area contributed by atoms with Crippen molar-refractivity contribution in [3.8, 4) is 0 Å². The number of sulfonamides is 1. The maximum absolute atomic E-state index is 13.0. The molecule has 3 heterocycles. The van der Waals surface area contributed by atoms with E-state index in [1.165, 1.54) is 6.20 Å². The molecule has 0 aromatic carbocycles. The average molecular weight is 369 g/mol. The monoisotopic (exact) mass is 369 g/mol. The molecule has 7 nitrogen and oxygen atoms in total. The van der Waals surface area contributed by atoms with Gasteiger partial charge < -0.3 is 9.42 Å². The van der Waals surface area contributed by atoms with E-state index >= 15 is 0 Å². The molecule has 1 aromatic rings. The van der Waals surface area contributed by atoms with E-state index in [9.17, 15) is 13.2 Å². The maximum Gasteiger partial charge on any atom is 0.248 e. The number of likely N-dealkylation sites (tertiary alicyclic amines) is 1. The molecule has 25 heavy (non-hydrogen) atoms. The zero-order valence-corrected chi connectivity index (χ0v) is 15.8. The molecule has 0 bridgehead atoms. The topological polar surface area (TPSA) is 83.7 Å². The number of aryl methyl sites for hydroxylation is 1. The first-order valence-electron chi connectivity index (χ1n) is 9.07. The minimum absolute atomic E-state index is 0.127. The van der Waals surface area contributed by atoms with E-state index in [2.05, 4.69) is 12.1 Å². The Morgan fingerprint density at radius 2 is 2.12 bits per heavy atom. The van der Waals surface area contributed by atoms with Crippen LogP contribution in [0.25, 0.3) is 0 Å². The summed E-state index contributed by atoms with van der Waals surface area (Å²) in [6, 6.07) is 0. The van der Waals surface area contributed by atoms with Gasteiger partial charge in [-0.15, -0.1) is 0 Å². The Morgan fingerprint density at radius 3 is 2.80 bits per heavy atom. The Hall–Kier alpha value is -1.41. The highest BCUT2D eigenvalue weighted by Crippen LogP contribution is 2.40. The van der Waals surface area contributed by atoms with Crippen molar-refractivity contribution in [2.45, 2.75) is 57.3 Å². The molecule has 2 aliphatic heterocycles. The third-order valence-corrected chi connectivity index (χ3v) is 7.42. The molecule has 1 atom stereocenters. The highest BCUT2D eigenvalue weighted by atomic mass is 32.2. The van der Waals surface area contributed by atoms with Crippen LogP contribution < -0.4 is 0 Å². The van der Waals surface area contributed by atoms with E-state index in [-0.39, 0.29) is 16.2 Å². The van der Waals surface area contributed by atoms with E-state index in [4.69, 9.17) is 4.52 Å². The zero-order chi connectivity index (χ0) is 18.1. The third kappa shape index (κ3) is 3.60. The minimum atomic E-state index is -3.60. The minimum Gasteiger partial charge on any atom is -0.360 e. The molecule has 0 radical (unpaired) electrons. The molecule has 1 aromatic heterocycles.